The zero-order valence-electron chi connectivity index (χ0n) is 14.1. The van der Waals surface area contributed by atoms with Crippen LogP contribution in [0.15, 0.2) is 54.6 Å². The highest BCUT2D eigenvalue weighted by atomic mass is 16.6. The van der Waals surface area contributed by atoms with Gasteiger partial charge in [0.2, 0.25) is 5.91 Å². The summed E-state index contributed by atoms with van der Waals surface area (Å²) in [6, 6.07) is 16.6. The number of hydrogen-bond donors (Lipinski definition) is 1. The summed E-state index contributed by atoms with van der Waals surface area (Å²) in [5.41, 5.74) is 3.99. The lowest BCUT2D eigenvalue weighted by Crippen LogP contribution is -2.36. The van der Waals surface area contributed by atoms with Gasteiger partial charge in [-0.1, -0.05) is 35.5 Å². The third-order valence-corrected chi connectivity index (χ3v) is 4.40. The highest BCUT2D eigenvalue weighted by Crippen LogP contribution is 2.28. The standard InChI is InChI=1S/C18H17N5O3/c1-18(11-22(20-16(18)24)13-7-3-2-4-8-13)12-26-17(25)23-15-10-6-5-9-14(15)19-21-23/h2-10H,11-12H2,1H3,(H,20,24). The number of nitrogens with one attached hydrogen (secondary N) is 1. The Bertz CT molecular complexity index is 971. The van der Waals surface area contributed by atoms with Crippen LogP contribution in [-0.4, -0.2) is 40.1 Å². The molecular formula is C18H17N5O3. The number of amides is 1. The van der Waals surface area contributed by atoms with Crippen molar-refractivity contribution in [3.63, 3.8) is 0 Å². The maximum atomic E-state index is 12.4. The number of aromatic nitrogens is 3. The van der Waals surface area contributed by atoms with Crippen molar-refractivity contribution in [2.45, 2.75) is 6.92 Å². The molecule has 8 nitrogen and oxygen atoms in total. The molecule has 1 fully saturated rings. The van der Waals surface area contributed by atoms with Gasteiger partial charge >= 0.3 is 6.09 Å². The molecule has 3 aromatic rings. The predicted molar refractivity (Wildman–Crippen MR) is 94.3 cm³/mol. The zero-order valence-corrected chi connectivity index (χ0v) is 14.1. The molecule has 0 bridgehead atoms. The molecule has 0 spiro atoms. The van der Waals surface area contributed by atoms with E-state index in [2.05, 4.69) is 15.7 Å². The summed E-state index contributed by atoms with van der Waals surface area (Å²) >= 11 is 0. The number of carbonyl (C=O) groups is 2. The van der Waals surface area contributed by atoms with Crippen molar-refractivity contribution in [3.8, 4) is 0 Å². The van der Waals surface area contributed by atoms with E-state index in [9.17, 15) is 9.59 Å². The fourth-order valence-corrected chi connectivity index (χ4v) is 2.88. The van der Waals surface area contributed by atoms with Crippen LogP contribution in [-0.2, 0) is 9.53 Å². The van der Waals surface area contributed by atoms with E-state index in [4.69, 9.17) is 4.74 Å². The molecule has 1 amide bonds. The van der Waals surface area contributed by atoms with Crippen LogP contribution in [0.3, 0.4) is 0 Å². The second kappa shape index (κ2) is 6.14. The predicted octanol–water partition coefficient (Wildman–Crippen LogP) is 1.97. The molecule has 1 atom stereocenters. The molecule has 1 aliphatic heterocycles. The molecule has 2 aromatic carbocycles. The van der Waals surface area contributed by atoms with Gasteiger partial charge in [0.1, 0.15) is 23.1 Å². The van der Waals surface area contributed by atoms with Crippen LogP contribution in [0.25, 0.3) is 11.0 Å². The maximum Gasteiger partial charge on any atom is 0.436 e. The molecular weight excluding hydrogens is 334 g/mol. The number of hydrogen-bond acceptors (Lipinski definition) is 6. The molecule has 1 N–H and O–H groups in total. The van der Waals surface area contributed by atoms with Crippen molar-refractivity contribution < 1.29 is 14.3 Å². The quantitative estimate of drug-likeness (QED) is 0.776. The van der Waals surface area contributed by atoms with Crippen LogP contribution in [0, 0.1) is 5.41 Å². The number of anilines is 1. The minimum absolute atomic E-state index is 0.0603. The van der Waals surface area contributed by atoms with Crippen molar-refractivity contribution in [3.05, 3.63) is 54.6 Å². The highest BCUT2D eigenvalue weighted by molar-refractivity contribution is 5.88. The lowest BCUT2D eigenvalue weighted by molar-refractivity contribution is -0.128. The Morgan fingerprint density at radius 2 is 1.92 bits per heavy atom. The van der Waals surface area contributed by atoms with Gasteiger partial charge in [0, 0.05) is 0 Å². The Kier molecular flexibility index (Phi) is 3.80. The van der Waals surface area contributed by atoms with Gasteiger partial charge in [-0.15, -0.1) is 9.78 Å². The minimum atomic E-state index is -0.859. The van der Waals surface area contributed by atoms with Crippen molar-refractivity contribution >= 4 is 28.7 Å². The topological polar surface area (TPSA) is 89.3 Å². The molecule has 132 valence electrons. The van der Waals surface area contributed by atoms with Gasteiger partial charge in [0.15, 0.2) is 0 Å². The van der Waals surface area contributed by atoms with Gasteiger partial charge in [0.25, 0.3) is 0 Å². The van der Waals surface area contributed by atoms with E-state index in [1.54, 1.807) is 30.1 Å². The Balaban J connectivity index is 1.47. The monoisotopic (exact) mass is 351 g/mol. The van der Waals surface area contributed by atoms with E-state index in [1.807, 2.05) is 36.4 Å². The lowest BCUT2D eigenvalue weighted by atomic mass is 9.92. The Morgan fingerprint density at radius 3 is 2.73 bits per heavy atom. The van der Waals surface area contributed by atoms with Crippen molar-refractivity contribution in [1.82, 2.24) is 20.4 Å². The normalized spacial score (nSPS) is 19.6. The van der Waals surface area contributed by atoms with Gasteiger partial charge in [-0.2, -0.15) is 0 Å². The molecule has 0 aliphatic carbocycles. The third kappa shape index (κ3) is 2.75. The first-order chi connectivity index (χ1) is 12.6. The Labute approximate surface area is 149 Å². The number of para-hydroxylation sites is 2. The first-order valence-corrected chi connectivity index (χ1v) is 8.18. The average Bonchev–Trinajstić information content (AvgIpc) is 3.22. The van der Waals surface area contributed by atoms with Crippen LogP contribution >= 0.6 is 0 Å². The maximum absolute atomic E-state index is 12.4. The number of nitrogens with zero attached hydrogens (tertiary/aromatic N) is 4. The van der Waals surface area contributed by atoms with Crippen LogP contribution in [0.4, 0.5) is 10.5 Å². The number of hydrazine groups is 1. The molecule has 8 heteroatoms. The number of carbonyl (C=O) groups excluding carboxylic acids is 2. The summed E-state index contributed by atoms with van der Waals surface area (Å²) in [5.74, 6) is -0.197. The van der Waals surface area contributed by atoms with E-state index >= 15 is 0 Å². The number of rotatable bonds is 3. The zero-order chi connectivity index (χ0) is 18.1. The van der Waals surface area contributed by atoms with Crippen LogP contribution in [0.1, 0.15) is 6.92 Å². The van der Waals surface area contributed by atoms with Crippen LogP contribution in [0.5, 0.6) is 0 Å². The summed E-state index contributed by atoms with van der Waals surface area (Å²) in [6.07, 6.45) is -0.661. The van der Waals surface area contributed by atoms with Crippen LogP contribution < -0.4 is 10.4 Å². The third-order valence-electron chi connectivity index (χ3n) is 4.40. The first-order valence-electron chi connectivity index (χ1n) is 8.18. The van der Waals surface area contributed by atoms with E-state index in [-0.39, 0.29) is 12.5 Å². The molecule has 0 radical (unpaired) electrons. The molecule has 1 unspecified atom stereocenters. The van der Waals surface area contributed by atoms with Gasteiger partial charge in [0.05, 0.1) is 12.2 Å². The van der Waals surface area contributed by atoms with Crippen molar-refractivity contribution in [2.24, 2.45) is 5.41 Å². The molecule has 26 heavy (non-hydrogen) atoms. The SMILES string of the molecule is CC1(COC(=O)n2nnc3ccccc32)CN(c2ccccc2)NC1=O. The summed E-state index contributed by atoms with van der Waals surface area (Å²) in [5, 5.41) is 9.51. The van der Waals surface area contributed by atoms with E-state index < -0.39 is 11.5 Å². The minimum Gasteiger partial charge on any atom is -0.447 e. The summed E-state index contributed by atoms with van der Waals surface area (Å²) in [7, 11) is 0. The first kappa shape index (κ1) is 16.1. The summed E-state index contributed by atoms with van der Waals surface area (Å²) in [4.78, 5) is 24.8. The van der Waals surface area contributed by atoms with Gasteiger partial charge < -0.3 is 4.74 Å². The van der Waals surface area contributed by atoms with Crippen LogP contribution in [0.2, 0.25) is 0 Å². The van der Waals surface area contributed by atoms with Gasteiger partial charge in [-0.3, -0.25) is 15.2 Å². The fraction of sp³-hybridized carbons (Fsp3) is 0.222. The van der Waals surface area contributed by atoms with Crippen molar-refractivity contribution in [2.75, 3.05) is 18.2 Å². The second-order valence-electron chi connectivity index (χ2n) is 6.47. The molecule has 1 aromatic heterocycles. The largest absolute Gasteiger partial charge is 0.447 e. The fourth-order valence-electron chi connectivity index (χ4n) is 2.88. The number of ether oxygens (including phenoxy) is 1. The number of benzene rings is 2. The molecule has 1 saturated heterocycles. The average molecular weight is 351 g/mol. The summed E-state index contributed by atoms with van der Waals surface area (Å²) < 4.78 is 6.47. The molecule has 2 heterocycles. The molecule has 4 rings (SSSR count). The number of fused-ring (bicyclic) bond motifs is 1. The Hall–Kier alpha value is -3.42. The lowest BCUT2D eigenvalue weighted by Gasteiger charge is -2.21. The van der Waals surface area contributed by atoms with Gasteiger partial charge in [-0.25, -0.2) is 4.79 Å². The molecule has 1 aliphatic rings. The second-order valence-corrected chi connectivity index (χ2v) is 6.47. The van der Waals surface area contributed by atoms with E-state index in [1.165, 1.54) is 0 Å². The van der Waals surface area contributed by atoms with E-state index in [0.29, 0.717) is 17.6 Å². The van der Waals surface area contributed by atoms with E-state index in [0.717, 1.165) is 10.4 Å². The highest BCUT2D eigenvalue weighted by Gasteiger charge is 2.44. The smallest absolute Gasteiger partial charge is 0.436 e. The summed E-state index contributed by atoms with van der Waals surface area (Å²) in [6.45, 7) is 2.09. The van der Waals surface area contributed by atoms with Crippen molar-refractivity contribution in [1.29, 1.82) is 0 Å². The van der Waals surface area contributed by atoms with Gasteiger partial charge in [-0.05, 0) is 31.2 Å². The Morgan fingerprint density at radius 1 is 1.19 bits per heavy atom. The molecule has 0 saturated carbocycles.